The van der Waals surface area contributed by atoms with E-state index in [1.54, 1.807) is 18.9 Å². The lowest BCUT2D eigenvalue weighted by atomic mass is 10.0. The monoisotopic (exact) mass is 403 g/mol. The molecule has 0 saturated carbocycles. The van der Waals surface area contributed by atoms with Crippen LogP contribution < -0.4 is 10.2 Å². The Labute approximate surface area is 173 Å². The van der Waals surface area contributed by atoms with Gasteiger partial charge in [0, 0.05) is 5.75 Å². The number of anilines is 1. The van der Waals surface area contributed by atoms with Gasteiger partial charge in [-0.3, -0.25) is 0 Å². The van der Waals surface area contributed by atoms with Crippen LogP contribution in [0.5, 0.6) is 5.75 Å². The highest BCUT2D eigenvalue weighted by Gasteiger charge is 2.05. The molecule has 3 aromatic carbocycles. The van der Waals surface area contributed by atoms with E-state index >= 15 is 0 Å². The molecule has 0 amide bonds. The van der Waals surface area contributed by atoms with Gasteiger partial charge >= 0.3 is 0 Å². The van der Waals surface area contributed by atoms with Crippen LogP contribution in [0.15, 0.2) is 77.0 Å². The second-order valence-corrected chi connectivity index (χ2v) is 7.42. The topological polar surface area (TPSA) is 75.2 Å². The summed E-state index contributed by atoms with van der Waals surface area (Å²) in [6, 6.07) is 22.6. The lowest BCUT2D eigenvalue weighted by Gasteiger charge is -2.03. The SMILES string of the molecule is COc1ccc(CSc2n[nH]c(N/N=C(\C)c3ccc4ccccc4c3)n2)cc1. The van der Waals surface area contributed by atoms with Crippen molar-refractivity contribution < 1.29 is 4.74 Å². The number of nitrogens with zero attached hydrogens (tertiary/aromatic N) is 3. The first-order chi connectivity index (χ1) is 14.2. The van der Waals surface area contributed by atoms with Crippen molar-refractivity contribution in [3.05, 3.63) is 77.9 Å². The molecule has 0 atom stereocenters. The standard InChI is InChI=1S/C22H21N5OS/c1-15(18-10-9-17-5-3-4-6-19(17)13-18)24-25-21-23-22(27-26-21)29-14-16-7-11-20(28-2)12-8-16/h3-13H,14H2,1-2H3,(H2,23,25,26,27)/b24-15+. The predicted molar refractivity (Wildman–Crippen MR) is 119 cm³/mol. The molecular weight excluding hydrogens is 382 g/mol. The summed E-state index contributed by atoms with van der Waals surface area (Å²) < 4.78 is 5.18. The third kappa shape index (κ3) is 4.75. The van der Waals surface area contributed by atoms with E-state index < -0.39 is 0 Å². The molecule has 146 valence electrons. The largest absolute Gasteiger partial charge is 0.497 e. The van der Waals surface area contributed by atoms with Gasteiger partial charge in [-0.25, -0.2) is 10.5 Å². The minimum absolute atomic E-state index is 0.516. The molecule has 29 heavy (non-hydrogen) atoms. The Morgan fingerprint density at radius 2 is 1.86 bits per heavy atom. The van der Waals surface area contributed by atoms with Crippen LogP contribution in [0.2, 0.25) is 0 Å². The average molecular weight is 404 g/mol. The summed E-state index contributed by atoms with van der Waals surface area (Å²) in [4.78, 5) is 4.43. The van der Waals surface area contributed by atoms with Gasteiger partial charge in [-0.1, -0.05) is 60.3 Å². The fourth-order valence-corrected chi connectivity index (χ4v) is 3.60. The first-order valence-corrected chi connectivity index (χ1v) is 10.2. The lowest BCUT2D eigenvalue weighted by molar-refractivity contribution is 0.414. The number of fused-ring (bicyclic) bond motifs is 1. The molecule has 0 aliphatic rings. The zero-order valence-corrected chi connectivity index (χ0v) is 17.0. The van der Waals surface area contributed by atoms with Crippen LogP contribution >= 0.6 is 11.8 Å². The number of hydrazone groups is 1. The molecule has 1 heterocycles. The third-order valence-electron chi connectivity index (χ3n) is 4.49. The molecule has 4 aromatic rings. The van der Waals surface area contributed by atoms with Gasteiger partial charge in [0.1, 0.15) is 5.75 Å². The highest BCUT2D eigenvalue weighted by Crippen LogP contribution is 2.22. The van der Waals surface area contributed by atoms with Gasteiger partial charge in [-0.15, -0.1) is 5.10 Å². The molecule has 0 radical (unpaired) electrons. The lowest BCUT2D eigenvalue weighted by Crippen LogP contribution is -2.00. The number of methoxy groups -OCH3 is 1. The molecule has 0 saturated heterocycles. The van der Waals surface area contributed by atoms with Crippen LogP contribution in [0.1, 0.15) is 18.1 Å². The minimum Gasteiger partial charge on any atom is -0.497 e. The van der Waals surface area contributed by atoms with Crippen LogP contribution in [0, 0.1) is 0 Å². The van der Waals surface area contributed by atoms with Crippen molar-refractivity contribution in [2.45, 2.75) is 17.8 Å². The van der Waals surface area contributed by atoms with Crippen molar-refractivity contribution in [2.75, 3.05) is 12.5 Å². The number of rotatable bonds is 7. The maximum atomic E-state index is 5.18. The molecule has 4 rings (SSSR count). The fraction of sp³-hybridized carbons (Fsp3) is 0.136. The number of aromatic nitrogens is 3. The van der Waals surface area contributed by atoms with E-state index in [1.807, 2.05) is 43.3 Å². The zero-order chi connectivity index (χ0) is 20.1. The Hall–Kier alpha value is -3.32. The number of hydrogen-bond acceptors (Lipinski definition) is 6. The van der Waals surface area contributed by atoms with Crippen molar-refractivity contribution in [3.63, 3.8) is 0 Å². The third-order valence-corrected chi connectivity index (χ3v) is 5.41. The predicted octanol–water partition coefficient (Wildman–Crippen LogP) is 5.09. The fourth-order valence-electron chi connectivity index (χ4n) is 2.85. The summed E-state index contributed by atoms with van der Waals surface area (Å²) in [6.45, 7) is 1.97. The van der Waals surface area contributed by atoms with E-state index in [0.29, 0.717) is 11.1 Å². The van der Waals surface area contributed by atoms with E-state index in [0.717, 1.165) is 22.8 Å². The molecule has 2 N–H and O–H groups in total. The normalized spacial score (nSPS) is 11.6. The summed E-state index contributed by atoms with van der Waals surface area (Å²) in [5.41, 5.74) is 6.07. The molecule has 7 heteroatoms. The molecule has 0 spiro atoms. The van der Waals surface area contributed by atoms with Crippen LogP contribution in [0.25, 0.3) is 10.8 Å². The van der Waals surface area contributed by atoms with Crippen molar-refractivity contribution in [1.29, 1.82) is 0 Å². The Morgan fingerprint density at radius 1 is 1.07 bits per heavy atom. The van der Waals surface area contributed by atoms with Crippen molar-refractivity contribution in [3.8, 4) is 5.75 Å². The molecule has 6 nitrogen and oxygen atoms in total. The molecule has 0 bridgehead atoms. The number of nitrogens with one attached hydrogen (secondary N) is 2. The van der Waals surface area contributed by atoms with Gasteiger partial charge in [0.15, 0.2) is 0 Å². The maximum Gasteiger partial charge on any atom is 0.240 e. The number of H-pyrrole nitrogens is 1. The van der Waals surface area contributed by atoms with E-state index in [2.05, 4.69) is 56.0 Å². The maximum absolute atomic E-state index is 5.18. The first kappa shape index (κ1) is 19.0. The quantitative estimate of drug-likeness (QED) is 0.255. The number of thioether (sulfide) groups is 1. The van der Waals surface area contributed by atoms with Gasteiger partial charge in [0.2, 0.25) is 11.1 Å². The van der Waals surface area contributed by atoms with Crippen molar-refractivity contribution in [1.82, 2.24) is 15.2 Å². The molecular formula is C22H21N5OS. The number of aromatic amines is 1. The van der Waals surface area contributed by atoms with E-state index in [1.165, 1.54) is 16.3 Å². The van der Waals surface area contributed by atoms with Crippen LogP contribution in [0.3, 0.4) is 0 Å². The Balaban J connectivity index is 1.37. The second-order valence-electron chi connectivity index (χ2n) is 6.47. The minimum atomic E-state index is 0.516. The number of hydrogen-bond donors (Lipinski definition) is 2. The average Bonchev–Trinajstić information content (AvgIpc) is 3.24. The summed E-state index contributed by atoms with van der Waals surface area (Å²) in [7, 11) is 1.66. The first-order valence-electron chi connectivity index (χ1n) is 9.19. The Kier molecular flexibility index (Phi) is 5.76. The molecule has 0 aliphatic carbocycles. The van der Waals surface area contributed by atoms with Gasteiger partial charge < -0.3 is 4.74 Å². The van der Waals surface area contributed by atoms with Crippen LogP contribution in [-0.2, 0) is 5.75 Å². The van der Waals surface area contributed by atoms with Gasteiger partial charge in [-0.05, 0) is 47.0 Å². The summed E-state index contributed by atoms with van der Waals surface area (Å²) in [5.74, 6) is 2.14. The van der Waals surface area contributed by atoms with Crippen molar-refractivity contribution >= 4 is 34.2 Å². The van der Waals surface area contributed by atoms with E-state index in [9.17, 15) is 0 Å². The molecule has 0 unspecified atom stereocenters. The highest BCUT2D eigenvalue weighted by molar-refractivity contribution is 7.98. The van der Waals surface area contributed by atoms with Gasteiger partial charge in [0.25, 0.3) is 0 Å². The van der Waals surface area contributed by atoms with E-state index in [4.69, 9.17) is 4.74 Å². The summed E-state index contributed by atoms with van der Waals surface area (Å²) >= 11 is 1.56. The second kappa shape index (κ2) is 8.79. The van der Waals surface area contributed by atoms with Gasteiger partial charge in [-0.2, -0.15) is 10.1 Å². The summed E-state index contributed by atoms with van der Waals surface area (Å²) in [5, 5.41) is 14.6. The van der Waals surface area contributed by atoms with E-state index in [-0.39, 0.29) is 0 Å². The number of benzene rings is 3. The Bertz CT molecular complexity index is 1140. The molecule has 0 fully saturated rings. The Morgan fingerprint density at radius 3 is 2.66 bits per heavy atom. The molecule has 1 aromatic heterocycles. The van der Waals surface area contributed by atoms with Crippen LogP contribution in [0.4, 0.5) is 5.95 Å². The zero-order valence-electron chi connectivity index (χ0n) is 16.2. The summed E-state index contributed by atoms with van der Waals surface area (Å²) in [6.07, 6.45) is 0. The molecule has 0 aliphatic heterocycles. The highest BCUT2D eigenvalue weighted by atomic mass is 32.2. The smallest absolute Gasteiger partial charge is 0.240 e. The van der Waals surface area contributed by atoms with Crippen molar-refractivity contribution in [2.24, 2.45) is 5.10 Å². The van der Waals surface area contributed by atoms with Gasteiger partial charge in [0.05, 0.1) is 12.8 Å². The number of ether oxygens (including phenoxy) is 1. The van der Waals surface area contributed by atoms with Crippen LogP contribution in [-0.4, -0.2) is 28.0 Å².